The zero-order valence-electron chi connectivity index (χ0n) is 10.1. The van der Waals surface area contributed by atoms with E-state index in [1.807, 2.05) is 25.1 Å². The summed E-state index contributed by atoms with van der Waals surface area (Å²) in [6, 6.07) is 10.2. The second-order valence-corrected chi connectivity index (χ2v) is 4.63. The number of fused-ring (bicyclic) bond motifs is 1. The van der Waals surface area contributed by atoms with Gasteiger partial charge in [-0.05, 0) is 18.4 Å². The maximum Gasteiger partial charge on any atom is 0.146 e. The van der Waals surface area contributed by atoms with Crippen LogP contribution in [0.25, 0.3) is 0 Å². The van der Waals surface area contributed by atoms with Crippen molar-refractivity contribution >= 4 is 5.71 Å². The smallest absolute Gasteiger partial charge is 0.146 e. The minimum Gasteiger partial charge on any atom is -0.411 e. The first-order valence-corrected chi connectivity index (χ1v) is 6.01. The van der Waals surface area contributed by atoms with Gasteiger partial charge < -0.3 is 9.73 Å². The van der Waals surface area contributed by atoms with Crippen LogP contribution in [0.15, 0.2) is 40.0 Å². The van der Waals surface area contributed by atoms with E-state index in [0.717, 1.165) is 29.9 Å². The molecule has 1 atom stereocenters. The Bertz CT molecular complexity index is 587. The van der Waals surface area contributed by atoms with E-state index in [1.54, 1.807) is 0 Å². The molecule has 1 aliphatic rings. The summed E-state index contributed by atoms with van der Waals surface area (Å²) >= 11 is 0. The maximum absolute atomic E-state index is 9.16. The first kappa shape index (κ1) is 11.0. The van der Waals surface area contributed by atoms with Crippen LogP contribution < -0.4 is 0 Å². The summed E-state index contributed by atoms with van der Waals surface area (Å²) in [4.78, 5) is 0. The highest BCUT2D eigenvalue weighted by molar-refractivity contribution is 6.03. The van der Waals surface area contributed by atoms with E-state index in [4.69, 9.17) is 9.73 Å². The fraction of sp³-hybridized carbons (Fsp3) is 0.286. The summed E-state index contributed by atoms with van der Waals surface area (Å²) in [5.41, 5.74) is 3.58. The molecule has 0 radical (unpaired) electrons. The quantitative estimate of drug-likeness (QED) is 0.618. The van der Waals surface area contributed by atoms with Crippen LogP contribution in [-0.4, -0.2) is 16.1 Å². The molecular weight excluding hydrogens is 228 g/mol. The predicted molar refractivity (Wildman–Crippen MR) is 67.1 cm³/mol. The highest BCUT2D eigenvalue weighted by Gasteiger charge is 2.30. The highest BCUT2D eigenvalue weighted by Crippen LogP contribution is 2.34. The van der Waals surface area contributed by atoms with Gasteiger partial charge in [0, 0.05) is 12.8 Å². The summed E-state index contributed by atoms with van der Waals surface area (Å²) in [6.45, 7) is 1.87. The van der Waals surface area contributed by atoms with Crippen LogP contribution in [0.5, 0.6) is 0 Å². The topological polar surface area (TPSA) is 58.6 Å². The fourth-order valence-corrected chi connectivity index (χ4v) is 2.61. The third-order valence-electron chi connectivity index (χ3n) is 3.49. The van der Waals surface area contributed by atoms with Crippen molar-refractivity contribution in [2.75, 3.05) is 0 Å². The standard InChI is InChI=1S/C14H14N2O2/c1-9-14-12(15-17)7-11(8-13(14)18-16-9)10-5-3-2-4-6-10/h2-6,11,17H,7-8H2,1H3/t11-/m0/s1. The van der Waals surface area contributed by atoms with Crippen LogP contribution >= 0.6 is 0 Å². The summed E-state index contributed by atoms with van der Waals surface area (Å²) in [6.07, 6.45) is 1.52. The van der Waals surface area contributed by atoms with Gasteiger partial charge in [-0.25, -0.2) is 0 Å². The Hall–Kier alpha value is -2.10. The lowest BCUT2D eigenvalue weighted by Crippen LogP contribution is -2.19. The lowest BCUT2D eigenvalue weighted by atomic mass is 9.82. The van der Waals surface area contributed by atoms with E-state index in [1.165, 1.54) is 5.56 Å². The Morgan fingerprint density at radius 1 is 1.28 bits per heavy atom. The lowest BCUT2D eigenvalue weighted by Gasteiger charge is -2.21. The van der Waals surface area contributed by atoms with Crippen molar-refractivity contribution in [3.63, 3.8) is 0 Å². The number of benzene rings is 1. The molecule has 0 unspecified atom stereocenters. The Morgan fingerprint density at radius 3 is 2.78 bits per heavy atom. The van der Waals surface area contributed by atoms with Crippen molar-refractivity contribution in [3.05, 3.63) is 52.9 Å². The van der Waals surface area contributed by atoms with Crippen molar-refractivity contribution in [1.82, 2.24) is 5.16 Å². The molecule has 0 bridgehead atoms. The lowest BCUT2D eigenvalue weighted by molar-refractivity contribution is 0.315. The van der Waals surface area contributed by atoms with E-state index in [9.17, 15) is 0 Å². The molecule has 1 aliphatic carbocycles. The van der Waals surface area contributed by atoms with Gasteiger partial charge in [-0.1, -0.05) is 40.6 Å². The predicted octanol–water partition coefficient (Wildman–Crippen LogP) is 2.89. The Labute approximate surface area is 105 Å². The molecule has 0 aliphatic heterocycles. The summed E-state index contributed by atoms with van der Waals surface area (Å²) in [7, 11) is 0. The van der Waals surface area contributed by atoms with Crippen LogP contribution in [0.4, 0.5) is 0 Å². The van der Waals surface area contributed by atoms with Gasteiger partial charge in [0.1, 0.15) is 5.76 Å². The maximum atomic E-state index is 9.16. The summed E-state index contributed by atoms with van der Waals surface area (Å²) in [5, 5.41) is 16.5. The van der Waals surface area contributed by atoms with Gasteiger partial charge in [0.2, 0.25) is 0 Å². The molecule has 18 heavy (non-hydrogen) atoms. The number of aromatic nitrogens is 1. The normalized spacial score (nSPS) is 20.9. The van der Waals surface area contributed by atoms with Crippen LogP contribution in [0.2, 0.25) is 0 Å². The van der Waals surface area contributed by atoms with E-state index >= 15 is 0 Å². The summed E-state index contributed by atoms with van der Waals surface area (Å²) < 4.78 is 5.33. The van der Waals surface area contributed by atoms with Gasteiger partial charge in [0.05, 0.1) is 17.0 Å². The second kappa shape index (κ2) is 4.29. The van der Waals surface area contributed by atoms with Crippen LogP contribution in [0.3, 0.4) is 0 Å². The molecule has 92 valence electrons. The van der Waals surface area contributed by atoms with E-state index in [2.05, 4.69) is 22.4 Å². The number of hydrogen-bond acceptors (Lipinski definition) is 4. The van der Waals surface area contributed by atoms with Crippen LogP contribution in [-0.2, 0) is 6.42 Å². The zero-order valence-corrected chi connectivity index (χ0v) is 10.1. The fourth-order valence-electron chi connectivity index (χ4n) is 2.61. The van der Waals surface area contributed by atoms with Gasteiger partial charge >= 0.3 is 0 Å². The highest BCUT2D eigenvalue weighted by atomic mass is 16.5. The van der Waals surface area contributed by atoms with Gasteiger partial charge in [-0.2, -0.15) is 0 Å². The SMILES string of the molecule is Cc1noc2c1C(=NO)C[C@H](c1ccccc1)C2. The van der Waals surface area contributed by atoms with Gasteiger partial charge in [-0.3, -0.25) is 0 Å². The molecule has 0 spiro atoms. The van der Waals surface area contributed by atoms with Crippen molar-refractivity contribution in [1.29, 1.82) is 0 Å². The molecule has 0 amide bonds. The van der Waals surface area contributed by atoms with Crippen molar-refractivity contribution in [2.45, 2.75) is 25.7 Å². The van der Waals surface area contributed by atoms with Crippen LogP contribution in [0.1, 0.15) is 34.9 Å². The third-order valence-corrected chi connectivity index (χ3v) is 3.49. The van der Waals surface area contributed by atoms with Gasteiger partial charge in [-0.15, -0.1) is 0 Å². The van der Waals surface area contributed by atoms with Gasteiger partial charge in [0.25, 0.3) is 0 Å². The molecule has 2 aromatic rings. The number of nitrogens with zero attached hydrogens (tertiary/aromatic N) is 2. The average Bonchev–Trinajstić information content (AvgIpc) is 2.81. The van der Waals surface area contributed by atoms with Gasteiger partial charge in [0.15, 0.2) is 0 Å². The van der Waals surface area contributed by atoms with E-state index in [0.29, 0.717) is 5.71 Å². The van der Waals surface area contributed by atoms with E-state index < -0.39 is 0 Å². The molecule has 1 heterocycles. The monoisotopic (exact) mass is 242 g/mol. The Balaban J connectivity index is 2.01. The Morgan fingerprint density at radius 2 is 2.06 bits per heavy atom. The number of rotatable bonds is 1. The number of hydrogen-bond donors (Lipinski definition) is 1. The van der Waals surface area contributed by atoms with Crippen LogP contribution in [0, 0.1) is 6.92 Å². The molecule has 3 rings (SSSR count). The summed E-state index contributed by atoms with van der Waals surface area (Å²) in [5.74, 6) is 1.11. The zero-order chi connectivity index (χ0) is 12.5. The Kier molecular flexibility index (Phi) is 2.63. The molecule has 0 saturated heterocycles. The molecule has 0 fully saturated rings. The number of oxime groups is 1. The first-order valence-electron chi connectivity index (χ1n) is 6.01. The molecule has 0 saturated carbocycles. The van der Waals surface area contributed by atoms with Crippen molar-refractivity contribution in [2.24, 2.45) is 5.16 Å². The van der Waals surface area contributed by atoms with Crippen molar-refractivity contribution in [3.8, 4) is 0 Å². The average molecular weight is 242 g/mol. The van der Waals surface area contributed by atoms with Crippen molar-refractivity contribution < 1.29 is 9.73 Å². The number of aryl methyl sites for hydroxylation is 1. The molecule has 1 aromatic carbocycles. The molecule has 1 aromatic heterocycles. The van der Waals surface area contributed by atoms with E-state index in [-0.39, 0.29) is 5.92 Å². The second-order valence-electron chi connectivity index (χ2n) is 4.63. The molecule has 1 N–H and O–H groups in total. The third kappa shape index (κ3) is 1.70. The first-order chi connectivity index (χ1) is 8.79. The molecule has 4 heteroatoms. The molecular formula is C14H14N2O2. The minimum absolute atomic E-state index is 0.289. The molecule has 4 nitrogen and oxygen atoms in total. The minimum atomic E-state index is 0.289. The largest absolute Gasteiger partial charge is 0.411 e.